The molecule has 0 radical (unpaired) electrons. The Hall–Kier alpha value is -0.840. The molecule has 0 saturated carbocycles. The van der Waals surface area contributed by atoms with Crippen molar-refractivity contribution in [2.24, 2.45) is 0 Å². The number of nitrogens with zero attached hydrogens (tertiary/aromatic N) is 1. The molecule has 1 unspecified atom stereocenters. The molecule has 2 rings (SSSR count). The Balaban J connectivity index is 2.17. The van der Waals surface area contributed by atoms with Crippen molar-refractivity contribution < 1.29 is 5.11 Å². The monoisotopic (exact) mass is 309 g/mol. The lowest BCUT2D eigenvalue weighted by Crippen LogP contribution is -1.94. The summed E-state index contributed by atoms with van der Waals surface area (Å²) in [6.45, 7) is 1.71. The molecule has 1 atom stereocenters. The fourth-order valence-corrected chi connectivity index (χ4v) is 2.69. The van der Waals surface area contributed by atoms with E-state index in [1.54, 1.807) is 24.9 Å². The fourth-order valence-electron chi connectivity index (χ4n) is 1.35. The molecule has 0 aliphatic heterocycles. The van der Waals surface area contributed by atoms with Gasteiger partial charge in [0, 0.05) is 20.5 Å². The van der Waals surface area contributed by atoms with Gasteiger partial charge in [-0.25, -0.2) is 0 Å². The van der Waals surface area contributed by atoms with Gasteiger partial charge in [-0.1, -0.05) is 23.9 Å². The maximum atomic E-state index is 9.37. The van der Waals surface area contributed by atoms with Crippen LogP contribution in [0.15, 0.2) is 56.9 Å². The van der Waals surface area contributed by atoms with Crippen molar-refractivity contribution in [1.29, 1.82) is 0 Å². The van der Waals surface area contributed by atoms with Crippen molar-refractivity contribution >= 4 is 27.7 Å². The first-order chi connectivity index (χ1) is 8.16. The molecule has 2 nitrogen and oxygen atoms in total. The summed E-state index contributed by atoms with van der Waals surface area (Å²) < 4.78 is 1.07. The summed E-state index contributed by atoms with van der Waals surface area (Å²) in [6, 6.07) is 11.9. The Morgan fingerprint density at radius 2 is 2.00 bits per heavy atom. The van der Waals surface area contributed by atoms with Gasteiger partial charge < -0.3 is 5.11 Å². The summed E-state index contributed by atoms with van der Waals surface area (Å²) in [5.41, 5.74) is 0.696. The van der Waals surface area contributed by atoms with E-state index in [1.165, 1.54) is 0 Å². The molecule has 17 heavy (non-hydrogen) atoms. The molecule has 0 bridgehead atoms. The van der Waals surface area contributed by atoms with Gasteiger partial charge in [0.1, 0.15) is 0 Å². The van der Waals surface area contributed by atoms with E-state index in [4.69, 9.17) is 0 Å². The van der Waals surface area contributed by atoms with Crippen LogP contribution in [0.4, 0.5) is 0 Å². The molecular formula is C13H12BrNOS. The minimum absolute atomic E-state index is 0.516. The molecule has 1 aromatic heterocycles. The second-order valence-corrected chi connectivity index (χ2v) is 5.60. The zero-order valence-corrected chi connectivity index (χ0v) is 11.7. The van der Waals surface area contributed by atoms with Crippen molar-refractivity contribution in [2.45, 2.75) is 22.8 Å². The molecule has 1 N–H and O–H groups in total. The lowest BCUT2D eigenvalue weighted by atomic mass is 10.2. The van der Waals surface area contributed by atoms with E-state index in [0.717, 1.165) is 14.3 Å². The van der Waals surface area contributed by atoms with Crippen molar-refractivity contribution in [3.8, 4) is 0 Å². The molecule has 0 fully saturated rings. The third kappa shape index (κ3) is 3.31. The number of aliphatic hydroxyl groups is 1. The molecule has 0 saturated heterocycles. The molecule has 0 amide bonds. The van der Waals surface area contributed by atoms with Gasteiger partial charge in [0.25, 0.3) is 0 Å². The van der Waals surface area contributed by atoms with Crippen molar-refractivity contribution in [1.82, 2.24) is 4.98 Å². The smallest absolute Gasteiger partial charge is 0.0931 e. The van der Waals surface area contributed by atoms with E-state index in [2.05, 4.69) is 27.0 Å². The van der Waals surface area contributed by atoms with Crippen LogP contribution in [0.5, 0.6) is 0 Å². The van der Waals surface area contributed by atoms with E-state index in [-0.39, 0.29) is 0 Å². The zero-order chi connectivity index (χ0) is 12.3. The number of halogens is 1. The number of hydrogen-bond acceptors (Lipinski definition) is 3. The Kier molecular flexibility index (Phi) is 4.20. The predicted octanol–water partition coefficient (Wildman–Crippen LogP) is 4.05. The van der Waals surface area contributed by atoms with Crippen LogP contribution < -0.4 is 0 Å². The number of benzene rings is 1. The Labute approximate surface area is 113 Å². The first-order valence-corrected chi connectivity index (χ1v) is 6.84. The van der Waals surface area contributed by atoms with E-state index in [0.29, 0.717) is 5.69 Å². The minimum Gasteiger partial charge on any atom is -0.387 e. The Morgan fingerprint density at radius 1 is 1.24 bits per heavy atom. The van der Waals surface area contributed by atoms with Crippen LogP contribution in [-0.4, -0.2) is 10.1 Å². The SMILES string of the molecule is CC(O)c1ccc(Sc2ccccc2Br)cn1. The summed E-state index contributed by atoms with van der Waals surface area (Å²) in [6.07, 6.45) is 1.27. The van der Waals surface area contributed by atoms with Gasteiger partial charge in [-0.05, 0) is 47.1 Å². The molecule has 2 aromatic rings. The summed E-state index contributed by atoms with van der Waals surface area (Å²) in [7, 11) is 0. The Bertz CT molecular complexity index is 499. The molecule has 1 aromatic carbocycles. The van der Waals surface area contributed by atoms with Crippen LogP contribution in [0.25, 0.3) is 0 Å². The summed E-state index contributed by atoms with van der Waals surface area (Å²) >= 11 is 5.15. The van der Waals surface area contributed by atoms with E-state index in [9.17, 15) is 5.11 Å². The highest BCUT2D eigenvalue weighted by atomic mass is 79.9. The standard InChI is InChI=1S/C13H12BrNOS/c1-9(16)12-7-6-10(8-15-12)17-13-5-3-2-4-11(13)14/h2-9,16H,1H3. The van der Waals surface area contributed by atoms with Crippen LogP contribution in [0.1, 0.15) is 18.7 Å². The maximum absolute atomic E-state index is 9.37. The maximum Gasteiger partial charge on any atom is 0.0931 e. The lowest BCUT2D eigenvalue weighted by Gasteiger charge is -2.06. The third-order valence-corrected chi connectivity index (χ3v) is 4.26. The molecule has 0 aliphatic rings. The number of rotatable bonds is 3. The fraction of sp³-hybridized carbons (Fsp3) is 0.154. The van der Waals surface area contributed by atoms with Crippen LogP contribution >= 0.6 is 27.7 Å². The zero-order valence-electron chi connectivity index (χ0n) is 9.30. The molecule has 88 valence electrons. The normalized spacial score (nSPS) is 12.4. The van der Waals surface area contributed by atoms with Crippen LogP contribution in [0.2, 0.25) is 0 Å². The van der Waals surface area contributed by atoms with Gasteiger partial charge in [0.15, 0.2) is 0 Å². The topological polar surface area (TPSA) is 33.1 Å². The number of pyridine rings is 1. The number of hydrogen-bond donors (Lipinski definition) is 1. The molecule has 1 heterocycles. The van der Waals surface area contributed by atoms with Gasteiger partial charge in [0.2, 0.25) is 0 Å². The number of aromatic nitrogens is 1. The lowest BCUT2D eigenvalue weighted by molar-refractivity contribution is 0.194. The van der Waals surface area contributed by atoms with Crippen molar-refractivity contribution in [3.05, 3.63) is 52.8 Å². The predicted molar refractivity (Wildman–Crippen MR) is 73.1 cm³/mol. The quantitative estimate of drug-likeness (QED) is 0.928. The highest BCUT2D eigenvalue weighted by Crippen LogP contribution is 2.32. The second kappa shape index (κ2) is 5.67. The van der Waals surface area contributed by atoms with Crippen LogP contribution in [-0.2, 0) is 0 Å². The van der Waals surface area contributed by atoms with E-state index < -0.39 is 6.10 Å². The van der Waals surface area contributed by atoms with Crippen molar-refractivity contribution in [3.63, 3.8) is 0 Å². The summed E-state index contributed by atoms with van der Waals surface area (Å²) in [5, 5.41) is 9.37. The largest absolute Gasteiger partial charge is 0.387 e. The van der Waals surface area contributed by atoms with Crippen LogP contribution in [0.3, 0.4) is 0 Å². The van der Waals surface area contributed by atoms with Gasteiger partial charge >= 0.3 is 0 Å². The summed E-state index contributed by atoms with van der Waals surface area (Å²) in [4.78, 5) is 6.43. The first kappa shape index (κ1) is 12.6. The molecular weight excluding hydrogens is 298 g/mol. The number of aliphatic hydroxyl groups excluding tert-OH is 1. The van der Waals surface area contributed by atoms with Gasteiger partial charge in [-0.15, -0.1) is 0 Å². The highest BCUT2D eigenvalue weighted by molar-refractivity contribution is 9.10. The molecule has 0 aliphatic carbocycles. The molecule has 4 heteroatoms. The first-order valence-electron chi connectivity index (χ1n) is 5.23. The highest BCUT2D eigenvalue weighted by Gasteiger charge is 2.04. The van der Waals surface area contributed by atoms with Gasteiger partial charge in [-0.2, -0.15) is 0 Å². The second-order valence-electron chi connectivity index (χ2n) is 3.63. The van der Waals surface area contributed by atoms with Gasteiger partial charge in [0.05, 0.1) is 11.8 Å². The average molecular weight is 310 g/mol. The summed E-state index contributed by atoms with van der Waals surface area (Å²) in [5.74, 6) is 0. The molecule has 0 spiro atoms. The Morgan fingerprint density at radius 3 is 2.59 bits per heavy atom. The van der Waals surface area contributed by atoms with Gasteiger partial charge in [-0.3, -0.25) is 4.98 Å². The van der Waals surface area contributed by atoms with Crippen LogP contribution in [0, 0.1) is 0 Å². The minimum atomic E-state index is -0.516. The van der Waals surface area contributed by atoms with E-state index in [1.807, 2.05) is 30.3 Å². The van der Waals surface area contributed by atoms with E-state index >= 15 is 0 Å². The average Bonchev–Trinajstić information content (AvgIpc) is 2.33. The van der Waals surface area contributed by atoms with Crippen molar-refractivity contribution in [2.75, 3.05) is 0 Å². The third-order valence-electron chi connectivity index (χ3n) is 2.25.